The second kappa shape index (κ2) is 10.4. The Balaban J connectivity index is 0. The molecule has 1 atom stereocenters. The van der Waals surface area contributed by atoms with E-state index in [0.29, 0.717) is 12.2 Å². The Morgan fingerprint density at radius 1 is 1.64 bits per heavy atom. The summed E-state index contributed by atoms with van der Waals surface area (Å²) in [6, 6.07) is 0. The first-order chi connectivity index (χ1) is 6.45. The third-order valence-corrected chi connectivity index (χ3v) is 1.50. The number of nitrogens with one attached hydrogen (secondary N) is 1. The highest BCUT2D eigenvalue weighted by atomic mass is 31.1. The van der Waals surface area contributed by atoms with Crippen LogP contribution in [0.15, 0.2) is 12.2 Å². The quantitative estimate of drug-likeness (QED) is 0.552. The molecule has 0 radical (unpaired) electrons. The summed E-state index contributed by atoms with van der Waals surface area (Å²) in [6.07, 6.45) is 0.789. The highest BCUT2D eigenvalue weighted by molar-refractivity contribution is 7.32. The van der Waals surface area contributed by atoms with E-state index in [-0.39, 0.29) is 5.91 Å². The van der Waals surface area contributed by atoms with Gasteiger partial charge >= 0.3 is 8.25 Å². The van der Waals surface area contributed by atoms with Crippen LogP contribution >= 0.6 is 8.25 Å². The summed E-state index contributed by atoms with van der Waals surface area (Å²) in [6.45, 7) is 7.34. The van der Waals surface area contributed by atoms with Gasteiger partial charge in [-0.2, -0.15) is 0 Å². The summed E-state index contributed by atoms with van der Waals surface area (Å²) >= 11 is 0. The lowest BCUT2D eigenvalue weighted by atomic mass is 10.3. The van der Waals surface area contributed by atoms with Crippen molar-refractivity contribution in [2.45, 2.75) is 20.3 Å². The van der Waals surface area contributed by atoms with Gasteiger partial charge in [-0.05, 0) is 13.3 Å². The van der Waals surface area contributed by atoms with Crippen LogP contribution in [-0.2, 0) is 13.9 Å². The van der Waals surface area contributed by atoms with Crippen molar-refractivity contribution < 1.29 is 18.8 Å². The van der Waals surface area contributed by atoms with Crippen LogP contribution in [0.4, 0.5) is 0 Å². The summed E-state index contributed by atoms with van der Waals surface area (Å²) in [5.74, 6) is -0.0972. The van der Waals surface area contributed by atoms with Crippen LogP contribution in [0.5, 0.6) is 0 Å². The molecule has 0 saturated carbocycles. The molecule has 0 spiro atoms. The van der Waals surface area contributed by atoms with Gasteiger partial charge in [0, 0.05) is 12.6 Å². The van der Waals surface area contributed by atoms with Crippen molar-refractivity contribution in [3.63, 3.8) is 0 Å². The Labute approximate surface area is 85.1 Å². The Morgan fingerprint density at radius 2 is 2.14 bits per heavy atom. The lowest BCUT2D eigenvalue weighted by molar-refractivity contribution is -0.116. The number of hydrogen-bond donors (Lipinski definition) is 2. The van der Waals surface area contributed by atoms with E-state index in [9.17, 15) is 9.36 Å². The molecule has 14 heavy (non-hydrogen) atoms. The van der Waals surface area contributed by atoms with Crippen molar-refractivity contribution >= 4 is 14.2 Å². The van der Waals surface area contributed by atoms with E-state index >= 15 is 0 Å². The van der Waals surface area contributed by atoms with Crippen LogP contribution in [0.2, 0.25) is 0 Å². The van der Waals surface area contributed by atoms with E-state index in [1.54, 1.807) is 14.0 Å². The molecule has 6 heteroatoms. The lowest BCUT2D eigenvalue weighted by Gasteiger charge is -1.91. The first-order valence-electron chi connectivity index (χ1n) is 4.19. The Hall–Kier alpha value is -0.640. The molecule has 0 aliphatic carbocycles. The molecule has 0 rings (SSSR count). The maximum atomic E-state index is 10.3. The molecular weight excluding hydrogens is 205 g/mol. The fourth-order valence-corrected chi connectivity index (χ4v) is 0.782. The number of likely N-dealkylation sites (N-methyl/N-ethyl adjacent to an activating group) is 1. The molecule has 0 saturated heterocycles. The van der Waals surface area contributed by atoms with Gasteiger partial charge in [0.2, 0.25) is 5.91 Å². The minimum atomic E-state index is -2.65. The zero-order valence-corrected chi connectivity index (χ0v) is 9.79. The maximum Gasteiger partial charge on any atom is 0.316 e. The Kier molecular flexibility index (Phi) is 11.8. The standard InChI is InChI=1S/C5H9NO.C3H9O3P/c1-4(2)5(7)6-3;1-2-3-6-7(4)5/h1H2,2-3H3,(H,6,7);7H,2-3H2,1H3,(H,4,5). The second-order valence-corrected chi connectivity index (χ2v) is 3.29. The van der Waals surface area contributed by atoms with E-state index in [1.165, 1.54) is 0 Å². The molecule has 84 valence electrons. The molecule has 2 N–H and O–H groups in total. The summed E-state index contributed by atoms with van der Waals surface area (Å²) in [4.78, 5) is 18.3. The van der Waals surface area contributed by atoms with E-state index in [4.69, 9.17) is 4.89 Å². The third kappa shape index (κ3) is 13.9. The molecule has 0 bridgehead atoms. The van der Waals surface area contributed by atoms with Crippen molar-refractivity contribution in [2.75, 3.05) is 13.7 Å². The summed E-state index contributed by atoms with van der Waals surface area (Å²) in [5, 5.41) is 2.43. The molecule has 0 heterocycles. The molecule has 0 aliphatic rings. The van der Waals surface area contributed by atoms with Gasteiger partial charge < -0.3 is 14.7 Å². The average Bonchev–Trinajstić information content (AvgIpc) is 2.14. The van der Waals surface area contributed by atoms with Gasteiger partial charge in [-0.25, -0.2) is 0 Å². The maximum absolute atomic E-state index is 10.3. The lowest BCUT2D eigenvalue weighted by Crippen LogP contribution is -2.17. The highest BCUT2D eigenvalue weighted by Gasteiger charge is 1.92. The van der Waals surface area contributed by atoms with Gasteiger partial charge in [0.15, 0.2) is 0 Å². The van der Waals surface area contributed by atoms with Crippen LogP contribution in [0.25, 0.3) is 0 Å². The van der Waals surface area contributed by atoms with Gasteiger partial charge in [0.1, 0.15) is 0 Å². The zero-order chi connectivity index (χ0) is 11.6. The number of rotatable bonds is 4. The molecule has 0 aromatic rings. The van der Waals surface area contributed by atoms with E-state index in [0.717, 1.165) is 6.42 Å². The SMILES string of the molecule is C=C(C)C(=O)NC.CCCO[PH](=O)O. The summed E-state index contributed by atoms with van der Waals surface area (Å²) in [7, 11) is -1.07. The zero-order valence-electron chi connectivity index (χ0n) is 8.79. The second-order valence-electron chi connectivity index (χ2n) is 2.47. The third-order valence-electron chi connectivity index (χ3n) is 1.04. The number of hydrogen-bond acceptors (Lipinski definition) is 3. The minimum absolute atomic E-state index is 0.0972. The van der Waals surface area contributed by atoms with Crippen molar-refractivity contribution in [3.05, 3.63) is 12.2 Å². The van der Waals surface area contributed by atoms with Crippen molar-refractivity contribution in [1.29, 1.82) is 0 Å². The van der Waals surface area contributed by atoms with Crippen LogP contribution in [0.1, 0.15) is 20.3 Å². The first kappa shape index (κ1) is 15.8. The van der Waals surface area contributed by atoms with Gasteiger partial charge in [0.25, 0.3) is 0 Å². The minimum Gasteiger partial charge on any atom is -0.355 e. The van der Waals surface area contributed by atoms with Crippen molar-refractivity contribution in [1.82, 2.24) is 5.32 Å². The molecule has 0 fully saturated rings. The predicted octanol–water partition coefficient (Wildman–Crippen LogP) is 1.10. The first-order valence-corrected chi connectivity index (χ1v) is 5.45. The normalized spacial score (nSPS) is 10.9. The van der Waals surface area contributed by atoms with Crippen LogP contribution in [0.3, 0.4) is 0 Å². The van der Waals surface area contributed by atoms with E-state index in [1.807, 2.05) is 6.92 Å². The number of carbonyl (C=O) groups excluding carboxylic acids is 1. The Bertz CT molecular complexity index is 206. The molecule has 1 amide bonds. The number of amides is 1. The molecule has 1 unspecified atom stereocenters. The predicted molar refractivity (Wildman–Crippen MR) is 56.3 cm³/mol. The summed E-state index contributed by atoms with van der Waals surface area (Å²) in [5.41, 5.74) is 0.544. The molecule has 0 aliphatic heterocycles. The molecule has 5 nitrogen and oxygen atoms in total. The largest absolute Gasteiger partial charge is 0.355 e. The van der Waals surface area contributed by atoms with Crippen LogP contribution in [0, 0.1) is 0 Å². The van der Waals surface area contributed by atoms with Crippen LogP contribution in [-0.4, -0.2) is 24.5 Å². The van der Waals surface area contributed by atoms with E-state index in [2.05, 4.69) is 16.4 Å². The number of carbonyl (C=O) groups is 1. The fraction of sp³-hybridized carbons (Fsp3) is 0.625. The van der Waals surface area contributed by atoms with Gasteiger partial charge in [0.05, 0.1) is 6.61 Å². The topological polar surface area (TPSA) is 75.6 Å². The van der Waals surface area contributed by atoms with E-state index < -0.39 is 8.25 Å². The van der Waals surface area contributed by atoms with Gasteiger partial charge in [-0.1, -0.05) is 13.5 Å². The van der Waals surface area contributed by atoms with Gasteiger partial charge in [-0.3, -0.25) is 9.36 Å². The molecule has 0 aromatic carbocycles. The molecule has 0 aromatic heterocycles. The average molecular weight is 223 g/mol. The van der Waals surface area contributed by atoms with Crippen LogP contribution < -0.4 is 5.32 Å². The van der Waals surface area contributed by atoms with Crippen molar-refractivity contribution in [3.8, 4) is 0 Å². The van der Waals surface area contributed by atoms with Gasteiger partial charge in [-0.15, -0.1) is 0 Å². The Morgan fingerprint density at radius 3 is 2.21 bits per heavy atom. The fourth-order valence-electron chi connectivity index (χ4n) is 0.403. The smallest absolute Gasteiger partial charge is 0.316 e. The summed E-state index contributed by atoms with van der Waals surface area (Å²) < 4.78 is 14.0. The highest BCUT2D eigenvalue weighted by Crippen LogP contribution is 2.13. The van der Waals surface area contributed by atoms with Crippen molar-refractivity contribution in [2.24, 2.45) is 0 Å². The monoisotopic (exact) mass is 223 g/mol. The molecular formula is C8H18NO4P.